The molecule has 0 spiro atoms. The average molecular weight is 376 g/mol. The van der Waals surface area contributed by atoms with Crippen LogP contribution in [-0.2, 0) is 6.54 Å². The summed E-state index contributed by atoms with van der Waals surface area (Å²) in [5.74, 6) is 0.00942. The lowest BCUT2D eigenvalue weighted by molar-refractivity contribution is 0.0864. The Labute approximate surface area is 161 Å². The van der Waals surface area contributed by atoms with E-state index in [1.54, 1.807) is 0 Å². The van der Waals surface area contributed by atoms with Crippen molar-refractivity contribution in [1.29, 1.82) is 0 Å². The van der Waals surface area contributed by atoms with Crippen LogP contribution in [0.1, 0.15) is 63.5 Å². The topological polar surface area (TPSA) is 46.1 Å². The molecule has 1 fully saturated rings. The molecule has 0 atom stereocenters. The lowest BCUT2D eigenvalue weighted by atomic mass is 9.79. The highest BCUT2D eigenvalue weighted by molar-refractivity contribution is 6.31. The van der Waals surface area contributed by atoms with E-state index in [0.717, 1.165) is 41.5 Å². The molecule has 5 heteroatoms. The molecule has 1 saturated heterocycles. The van der Waals surface area contributed by atoms with Crippen molar-refractivity contribution in [2.45, 2.75) is 78.0 Å². The number of nitrogens with one attached hydrogen (secondary N) is 2. The van der Waals surface area contributed by atoms with Gasteiger partial charge in [0.05, 0.1) is 0 Å². The van der Waals surface area contributed by atoms with Crippen molar-refractivity contribution in [2.75, 3.05) is 0 Å². The second-order valence-electron chi connectivity index (χ2n) is 8.85. The van der Waals surface area contributed by atoms with Gasteiger partial charge in [-0.3, -0.25) is 4.79 Å². The molecular formula is C21H30ClN3O. The van der Waals surface area contributed by atoms with Crippen molar-refractivity contribution in [1.82, 2.24) is 15.2 Å². The number of carbonyl (C=O) groups is 1. The van der Waals surface area contributed by atoms with E-state index in [2.05, 4.69) is 49.8 Å². The molecule has 0 unspecified atom stereocenters. The zero-order valence-corrected chi connectivity index (χ0v) is 17.4. The first-order valence-corrected chi connectivity index (χ1v) is 9.79. The van der Waals surface area contributed by atoms with E-state index in [1.165, 1.54) is 0 Å². The third kappa shape index (κ3) is 3.63. The number of halogens is 1. The third-order valence-corrected chi connectivity index (χ3v) is 5.57. The highest BCUT2D eigenvalue weighted by Gasteiger charge is 2.38. The van der Waals surface area contributed by atoms with Crippen molar-refractivity contribution in [3.8, 4) is 0 Å². The van der Waals surface area contributed by atoms with Crippen LogP contribution < -0.4 is 10.6 Å². The molecule has 4 nitrogen and oxygen atoms in total. The average Bonchev–Trinajstić information content (AvgIpc) is 2.76. The first-order valence-electron chi connectivity index (χ1n) is 9.41. The number of hydrogen-bond acceptors (Lipinski definition) is 2. The monoisotopic (exact) mass is 375 g/mol. The number of aryl methyl sites for hydroxylation is 2. The minimum absolute atomic E-state index is 0.000268. The van der Waals surface area contributed by atoms with Gasteiger partial charge < -0.3 is 15.2 Å². The number of hydrogen-bond donors (Lipinski definition) is 2. The van der Waals surface area contributed by atoms with E-state index in [1.807, 2.05) is 25.1 Å². The Morgan fingerprint density at radius 3 is 2.46 bits per heavy atom. The number of carbonyl (C=O) groups excluding carboxylic acids is 1. The Kier molecular flexibility index (Phi) is 4.87. The van der Waals surface area contributed by atoms with Crippen LogP contribution in [0.15, 0.2) is 18.2 Å². The Morgan fingerprint density at radius 1 is 1.27 bits per heavy atom. The van der Waals surface area contributed by atoms with Crippen LogP contribution in [0.4, 0.5) is 0 Å². The summed E-state index contributed by atoms with van der Waals surface area (Å²) in [6.07, 6.45) is 1.83. The predicted molar refractivity (Wildman–Crippen MR) is 109 cm³/mol. The Balaban J connectivity index is 1.94. The van der Waals surface area contributed by atoms with Gasteiger partial charge in [-0.1, -0.05) is 11.6 Å². The summed E-state index contributed by atoms with van der Waals surface area (Å²) in [4.78, 5) is 13.2. The van der Waals surface area contributed by atoms with Crippen LogP contribution in [0.5, 0.6) is 0 Å². The summed E-state index contributed by atoms with van der Waals surface area (Å²) in [7, 11) is 0. The van der Waals surface area contributed by atoms with Gasteiger partial charge >= 0.3 is 0 Å². The molecule has 0 radical (unpaired) electrons. The summed E-state index contributed by atoms with van der Waals surface area (Å²) in [6.45, 7) is 13.6. The van der Waals surface area contributed by atoms with Crippen LogP contribution in [0.25, 0.3) is 10.9 Å². The number of benzene rings is 1. The molecule has 2 N–H and O–H groups in total. The highest BCUT2D eigenvalue weighted by Crippen LogP contribution is 2.31. The van der Waals surface area contributed by atoms with Gasteiger partial charge in [-0.15, -0.1) is 0 Å². The normalized spacial score (nSPS) is 19.7. The van der Waals surface area contributed by atoms with Gasteiger partial charge in [0.1, 0.15) is 5.69 Å². The Hall–Kier alpha value is -1.52. The summed E-state index contributed by atoms with van der Waals surface area (Å²) in [5.41, 5.74) is 2.80. The fourth-order valence-electron chi connectivity index (χ4n) is 4.79. The van der Waals surface area contributed by atoms with E-state index in [9.17, 15) is 4.79 Å². The molecule has 26 heavy (non-hydrogen) atoms. The number of rotatable bonds is 3. The van der Waals surface area contributed by atoms with Crippen molar-refractivity contribution < 1.29 is 4.79 Å². The standard InChI is InChI=1S/C21H30ClN3O/c1-7-25-17-9-8-14(22)10-16(17)13(2)18(25)19(26)23-15-11-20(3,4)24-21(5,6)12-15/h8-10,15,24H,7,11-12H2,1-6H3,(H,23,26). The van der Waals surface area contributed by atoms with Crippen molar-refractivity contribution in [3.63, 3.8) is 0 Å². The fraction of sp³-hybridized carbons (Fsp3) is 0.571. The van der Waals surface area contributed by atoms with E-state index < -0.39 is 0 Å². The minimum Gasteiger partial charge on any atom is -0.348 e. The molecule has 1 amide bonds. The van der Waals surface area contributed by atoms with Gasteiger partial charge in [0.15, 0.2) is 0 Å². The van der Waals surface area contributed by atoms with E-state index >= 15 is 0 Å². The zero-order chi connectivity index (χ0) is 19.3. The number of amides is 1. The SMILES string of the molecule is CCn1c(C(=O)NC2CC(C)(C)NC(C)(C)C2)c(C)c2cc(Cl)ccc21. The molecular weight excluding hydrogens is 346 g/mol. The molecule has 0 saturated carbocycles. The van der Waals surface area contributed by atoms with Gasteiger partial charge in [0.2, 0.25) is 0 Å². The molecule has 1 aliphatic heterocycles. The number of nitrogens with zero attached hydrogens (tertiary/aromatic N) is 1. The van der Waals surface area contributed by atoms with Gasteiger partial charge in [0.25, 0.3) is 5.91 Å². The summed E-state index contributed by atoms with van der Waals surface area (Å²) < 4.78 is 2.09. The van der Waals surface area contributed by atoms with E-state index in [4.69, 9.17) is 11.6 Å². The molecule has 2 aromatic rings. The van der Waals surface area contributed by atoms with Crippen molar-refractivity contribution in [2.24, 2.45) is 0 Å². The van der Waals surface area contributed by atoms with E-state index in [0.29, 0.717) is 5.02 Å². The quantitative estimate of drug-likeness (QED) is 0.819. The van der Waals surface area contributed by atoms with Crippen molar-refractivity contribution >= 4 is 28.4 Å². The van der Waals surface area contributed by atoms with Gasteiger partial charge in [-0.2, -0.15) is 0 Å². The summed E-state index contributed by atoms with van der Waals surface area (Å²) in [5, 5.41) is 8.72. The van der Waals surface area contributed by atoms with Gasteiger partial charge in [0, 0.05) is 39.6 Å². The number of piperidine rings is 1. The molecule has 142 valence electrons. The Morgan fingerprint density at radius 2 is 1.88 bits per heavy atom. The fourth-order valence-corrected chi connectivity index (χ4v) is 4.97. The summed E-state index contributed by atoms with van der Waals surface area (Å²) in [6, 6.07) is 5.99. The third-order valence-electron chi connectivity index (χ3n) is 5.34. The minimum atomic E-state index is -0.000268. The van der Waals surface area contributed by atoms with Gasteiger partial charge in [-0.05, 0) is 78.1 Å². The second-order valence-corrected chi connectivity index (χ2v) is 9.29. The predicted octanol–water partition coefficient (Wildman–Crippen LogP) is 4.66. The molecule has 3 rings (SSSR count). The van der Waals surface area contributed by atoms with Crippen LogP contribution in [-0.4, -0.2) is 27.6 Å². The second kappa shape index (κ2) is 6.58. The number of fused-ring (bicyclic) bond motifs is 1. The molecule has 1 aliphatic rings. The van der Waals surface area contributed by atoms with Crippen LogP contribution in [0.2, 0.25) is 5.02 Å². The van der Waals surface area contributed by atoms with Gasteiger partial charge in [-0.25, -0.2) is 0 Å². The lowest BCUT2D eigenvalue weighted by Crippen LogP contribution is -2.62. The first-order chi connectivity index (χ1) is 12.0. The van der Waals surface area contributed by atoms with Crippen LogP contribution >= 0.6 is 11.6 Å². The lowest BCUT2D eigenvalue weighted by Gasteiger charge is -2.46. The smallest absolute Gasteiger partial charge is 0.268 e. The van der Waals surface area contributed by atoms with Crippen molar-refractivity contribution in [3.05, 3.63) is 34.5 Å². The maximum absolute atomic E-state index is 13.2. The molecule has 2 heterocycles. The maximum Gasteiger partial charge on any atom is 0.268 e. The zero-order valence-electron chi connectivity index (χ0n) is 16.7. The number of aromatic nitrogens is 1. The first kappa shape index (κ1) is 19.2. The summed E-state index contributed by atoms with van der Waals surface area (Å²) >= 11 is 6.18. The molecule has 1 aromatic heterocycles. The maximum atomic E-state index is 13.2. The highest BCUT2D eigenvalue weighted by atomic mass is 35.5. The van der Waals surface area contributed by atoms with E-state index in [-0.39, 0.29) is 23.0 Å². The largest absolute Gasteiger partial charge is 0.348 e. The molecule has 0 aliphatic carbocycles. The van der Waals surface area contributed by atoms with Crippen LogP contribution in [0, 0.1) is 6.92 Å². The molecule has 0 bridgehead atoms. The Bertz CT molecular complexity index is 835. The van der Waals surface area contributed by atoms with Crippen LogP contribution in [0.3, 0.4) is 0 Å². The molecule has 1 aromatic carbocycles.